The lowest BCUT2D eigenvalue weighted by atomic mass is 9.75. The van der Waals surface area contributed by atoms with Crippen LogP contribution in [-0.4, -0.2) is 36.5 Å². The highest BCUT2D eigenvalue weighted by molar-refractivity contribution is 5.77. The molecule has 1 fully saturated rings. The summed E-state index contributed by atoms with van der Waals surface area (Å²) in [6, 6.07) is 7.92. The molecule has 0 atom stereocenters. The van der Waals surface area contributed by atoms with Crippen LogP contribution in [0.1, 0.15) is 31.2 Å². The highest BCUT2D eigenvalue weighted by Gasteiger charge is 2.35. The third-order valence-corrected chi connectivity index (χ3v) is 3.96. The van der Waals surface area contributed by atoms with Gasteiger partial charge in [-0.15, -0.1) is 0 Å². The molecule has 0 saturated heterocycles. The quantitative estimate of drug-likeness (QED) is 0.865. The number of rotatable bonds is 6. The number of amides is 1. The summed E-state index contributed by atoms with van der Waals surface area (Å²) >= 11 is 0. The van der Waals surface area contributed by atoms with Crippen molar-refractivity contribution < 1.29 is 9.53 Å². The lowest BCUT2D eigenvalue weighted by molar-refractivity contribution is -0.132. The number of ether oxygens (including phenoxy) is 1. The van der Waals surface area contributed by atoms with Crippen molar-refractivity contribution >= 4 is 5.91 Å². The van der Waals surface area contributed by atoms with Crippen molar-refractivity contribution in [2.75, 3.05) is 20.2 Å². The zero-order valence-electron chi connectivity index (χ0n) is 12.4. The first-order valence-corrected chi connectivity index (χ1v) is 7.21. The lowest BCUT2D eigenvalue weighted by Gasteiger charge is -2.38. The third-order valence-electron chi connectivity index (χ3n) is 3.96. The predicted octanol–water partition coefficient (Wildman–Crippen LogP) is 2.10. The number of likely N-dealkylation sites (N-methyl/N-ethyl adjacent to an activating group) is 1. The molecule has 2 N–H and O–H groups in total. The number of nitrogens with zero attached hydrogens (tertiary/aromatic N) is 1. The van der Waals surface area contributed by atoms with Crippen LogP contribution in [0.2, 0.25) is 0 Å². The fourth-order valence-corrected chi connectivity index (χ4v) is 2.37. The molecule has 1 aromatic carbocycles. The molecule has 1 aliphatic rings. The molecule has 20 heavy (non-hydrogen) atoms. The van der Waals surface area contributed by atoms with Gasteiger partial charge in [0, 0.05) is 19.0 Å². The molecule has 0 aliphatic heterocycles. The van der Waals surface area contributed by atoms with Gasteiger partial charge in [-0.3, -0.25) is 4.79 Å². The molecular weight excluding hydrogens is 252 g/mol. The van der Waals surface area contributed by atoms with Crippen LogP contribution in [0.5, 0.6) is 5.75 Å². The smallest absolute Gasteiger partial charge is 0.224 e. The van der Waals surface area contributed by atoms with E-state index in [1.807, 2.05) is 38.2 Å². The summed E-state index contributed by atoms with van der Waals surface area (Å²) in [5.41, 5.74) is 7.02. The highest BCUT2D eigenvalue weighted by Crippen LogP contribution is 2.32. The molecule has 1 aliphatic carbocycles. The molecule has 0 unspecified atom stereocenters. The van der Waals surface area contributed by atoms with Gasteiger partial charge in [-0.2, -0.15) is 0 Å². The van der Waals surface area contributed by atoms with E-state index in [1.165, 1.54) is 5.56 Å². The molecule has 0 spiro atoms. The van der Waals surface area contributed by atoms with Crippen LogP contribution in [-0.2, 0) is 4.79 Å². The molecule has 4 heteroatoms. The summed E-state index contributed by atoms with van der Waals surface area (Å²) in [7, 11) is 1.81. The maximum absolute atomic E-state index is 12.0. The number of carbonyl (C=O) groups excluding carboxylic acids is 1. The van der Waals surface area contributed by atoms with E-state index >= 15 is 0 Å². The van der Waals surface area contributed by atoms with Crippen molar-refractivity contribution in [3.8, 4) is 5.75 Å². The predicted molar refractivity (Wildman–Crippen MR) is 79.7 cm³/mol. The number of hydrogen-bond acceptors (Lipinski definition) is 3. The first-order chi connectivity index (χ1) is 9.48. The Morgan fingerprint density at radius 1 is 1.45 bits per heavy atom. The Kier molecular flexibility index (Phi) is 4.65. The summed E-state index contributed by atoms with van der Waals surface area (Å²) < 4.78 is 5.65. The van der Waals surface area contributed by atoms with Gasteiger partial charge in [-0.1, -0.05) is 12.1 Å². The molecule has 0 bridgehead atoms. The fraction of sp³-hybridized carbons (Fsp3) is 0.562. The van der Waals surface area contributed by atoms with Gasteiger partial charge in [-0.25, -0.2) is 0 Å². The minimum absolute atomic E-state index is 0.111. The Labute approximate surface area is 120 Å². The standard InChI is InChI=1S/C16H24N2O2/c1-13-5-3-6-14(11-13)20-10-9-18(2)15(19)12-16(17)7-4-8-16/h3,5-6,11H,4,7-10,12,17H2,1-2H3. The van der Waals surface area contributed by atoms with Crippen LogP contribution in [0.4, 0.5) is 0 Å². The van der Waals surface area contributed by atoms with Gasteiger partial charge in [0.2, 0.25) is 5.91 Å². The molecule has 0 heterocycles. The van der Waals surface area contributed by atoms with Gasteiger partial charge >= 0.3 is 0 Å². The average molecular weight is 276 g/mol. The Morgan fingerprint density at radius 2 is 2.20 bits per heavy atom. The minimum atomic E-state index is -0.247. The van der Waals surface area contributed by atoms with E-state index in [-0.39, 0.29) is 11.4 Å². The van der Waals surface area contributed by atoms with E-state index in [0.29, 0.717) is 19.6 Å². The van der Waals surface area contributed by atoms with E-state index in [4.69, 9.17) is 10.5 Å². The van der Waals surface area contributed by atoms with Gasteiger partial charge < -0.3 is 15.4 Å². The first kappa shape index (κ1) is 14.9. The van der Waals surface area contributed by atoms with Crippen LogP contribution in [0.15, 0.2) is 24.3 Å². The normalized spacial score (nSPS) is 16.4. The Balaban J connectivity index is 1.71. The second kappa shape index (κ2) is 6.27. The SMILES string of the molecule is Cc1cccc(OCCN(C)C(=O)CC2(N)CCC2)c1. The van der Waals surface area contributed by atoms with Gasteiger partial charge in [-0.05, 0) is 43.9 Å². The van der Waals surface area contributed by atoms with E-state index in [9.17, 15) is 4.79 Å². The van der Waals surface area contributed by atoms with Crippen LogP contribution in [0.25, 0.3) is 0 Å². The van der Waals surface area contributed by atoms with Gasteiger partial charge in [0.05, 0.1) is 6.54 Å². The Hall–Kier alpha value is -1.55. The molecule has 1 aromatic rings. The van der Waals surface area contributed by atoms with Crippen molar-refractivity contribution in [1.82, 2.24) is 4.90 Å². The van der Waals surface area contributed by atoms with Crippen LogP contribution in [0.3, 0.4) is 0 Å². The molecule has 0 aromatic heterocycles. The van der Waals surface area contributed by atoms with E-state index in [1.54, 1.807) is 4.90 Å². The van der Waals surface area contributed by atoms with Crippen molar-refractivity contribution in [2.24, 2.45) is 5.73 Å². The van der Waals surface area contributed by atoms with Crippen molar-refractivity contribution in [2.45, 2.75) is 38.1 Å². The van der Waals surface area contributed by atoms with E-state index < -0.39 is 0 Å². The third kappa shape index (κ3) is 3.97. The summed E-state index contributed by atoms with van der Waals surface area (Å²) in [6.07, 6.45) is 3.52. The van der Waals surface area contributed by atoms with Gasteiger partial charge in [0.1, 0.15) is 12.4 Å². The maximum Gasteiger partial charge on any atom is 0.224 e. The van der Waals surface area contributed by atoms with Crippen molar-refractivity contribution in [3.05, 3.63) is 29.8 Å². The summed E-state index contributed by atoms with van der Waals surface area (Å²) in [5.74, 6) is 0.958. The topological polar surface area (TPSA) is 55.6 Å². The van der Waals surface area contributed by atoms with Crippen LogP contribution in [0, 0.1) is 6.92 Å². The number of carbonyl (C=O) groups is 1. The van der Waals surface area contributed by atoms with E-state index in [0.717, 1.165) is 25.0 Å². The maximum atomic E-state index is 12.0. The number of nitrogens with two attached hydrogens (primary N) is 1. The number of aryl methyl sites for hydroxylation is 1. The van der Waals surface area contributed by atoms with Gasteiger partial charge in [0.15, 0.2) is 0 Å². The highest BCUT2D eigenvalue weighted by atomic mass is 16.5. The Bertz CT molecular complexity index is 469. The van der Waals surface area contributed by atoms with Crippen LogP contribution < -0.4 is 10.5 Å². The monoisotopic (exact) mass is 276 g/mol. The molecule has 1 amide bonds. The second-order valence-corrected chi connectivity index (χ2v) is 5.87. The average Bonchev–Trinajstić information content (AvgIpc) is 2.36. The molecule has 2 rings (SSSR count). The zero-order chi connectivity index (χ0) is 14.6. The summed E-state index contributed by atoms with van der Waals surface area (Å²) in [6.45, 7) is 3.12. The number of benzene rings is 1. The van der Waals surface area contributed by atoms with E-state index in [2.05, 4.69) is 0 Å². The summed E-state index contributed by atoms with van der Waals surface area (Å²) in [4.78, 5) is 13.7. The molecule has 0 radical (unpaired) electrons. The molecule has 4 nitrogen and oxygen atoms in total. The zero-order valence-corrected chi connectivity index (χ0v) is 12.4. The van der Waals surface area contributed by atoms with Gasteiger partial charge in [0.25, 0.3) is 0 Å². The number of hydrogen-bond donors (Lipinski definition) is 1. The Morgan fingerprint density at radius 3 is 2.80 bits per heavy atom. The van der Waals surface area contributed by atoms with Crippen molar-refractivity contribution in [3.63, 3.8) is 0 Å². The van der Waals surface area contributed by atoms with Crippen molar-refractivity contribution in [1.29, 1.82) is 0 Å². The first-order valence-electron chi connectivity index (χ1n) is 7.21. The van der Waals surface area contributed by atoms with Crippen LogP contribution >= 0.6 is 0 Å². The summed E-state index contributed by atoms with van der Waals surface area (Å²) in [5, 5.41) is 0. The second-order valence-electron chi connectivity index (χ2n) is 5.87. The molecule has 1 saturated carbocycles. The molecular formula is C16H24N2O2. The minimum Gasteiger partial charge on any atom is -0.492 e. The molecule has 110 valence electrons. The largest absolute Gasteiger partial charge is 0.492 e. The lowest BCUT2D eigenvalue weighted by Crippen LogP contribution is -2.50. The fourth-order valence-electron chi connectivity index (χ4n) is 2.37.